The first kappa shape index (κ1) is 8.75. The zero-order valence-corrected chi connectivity index (χ0v) is 9.25. The number of hydrogen-bond acceptors (Lipinski definition) is 1. The Morgan fingerprint density at radius 3 is 2.85 bits per heavy atom. The van der Waals surface area contributed by atoms with E-state index in [0.29, 0.717) is 5.92 Å². The minimum absolute atomic E-state index is 0.518. The van der Waals surface area contributed by atoms with E-state index in [4.69, 9.17) is 0 Å². The zero-order valence-electron chi connectivity index (χ0n) is 7.66. The van der Waals surface area contributed by atoms with Gasteiger partial charge in [0.1, 0.15) is 10.3 Å². The number of pyridine rings is 1. The molecule has 0 radical (unpaired) electrons. The number of fused-ring (bicyclic) bond motifs is 1. The summed E-state index contributed by atoms with van der Waals surface area (Å²) < 4.78 is 3.01. The van der Waals surface area contributed by atoms with Crippen LogP contribution < -0.4 is 0 Å². The average molecular weight is 239 g/mol. The van der Waals surface area contributed by atoms with E-state index < -0.39 is 0 Å². The van der Waals surface area contributed by atoms with E-state index in [9.17, 15) is 0 Å². The van der Waals surface area contributed by atoms with E-state index >= 15 is 0 Å². The maximum atomic E-state index is 4.34. The fraction of sp³-hybridized carbons (Fsp3) is 0.300. The van der Waals surface area contributed by atoms with E-state index in [1.54, 1.807) is 0 Å². The van der Waals surface area contributed by atoms with Gasteiger partial charge in [0.15, 0.2) is 0 Å². The molecule has 3 heteroatoms. The lowest BCUT2D eigenvalue weighted by molar-refractivity contribution is 0.801. The summed E-state index contributed by atoms with van der Waals surface area (Å²) in [6.45, 7) is 4.37. The van der Waals surface area contributed by atoms with Gasteiger partial charge in [-0.25, -0.2) is 4.98 Å². The Morgan fingerprint density at radius 2 is 2.15 bits per heavy atom. The van der Waals surface area contributed by atoms with Gasteiger partial charge in [-0.3, -0.25) is 0 Å². The third kappa shape index (κ3) is 1.48. The van der Waals surface area contributed by atoms with E-state index in [-0.39, 0.29) is 0 Å². The number of nitrogens with zero attached hydrogens (tertiary/aromatic N) is 2. The molecule has 0 N–H and O–H groups in total. The van der Waals surface area contributed by atoms with Crippen LogP contribution in [0.3, 0.4) is 0 Å². The molecule has 2 aromatic rings. The predicted molar refractivity (Wildman–Crippen MR) is 57.0 cm³/mol. The molecule has 0 unspecified atom stereocenters. The maximum Gasteiger partial charge on any atom is 0.138 e. The van der Waals surface area contributed by atoms with Crippen LogP contribution in [-0.4, -0.2) is 9.38 Å². The minimum Gasteiger partial charge on any atom is -0.303 e. The van der Waals surface area contributed by atoms with Crippen LogP contribution in [0.15, 0.2) is 29.0 Å². The number of halogens is 1. The molecule has 68 valence electrons. The lowest BCUT2D eigenvalue weighted by atomic mass is 10.1. The average Bonchev–Trinajstić information content (AvgIpc) is 2.43. The first-order chi connectivity index (χ1) is 6.18. The van der Waals surface area contributed by atoms with Crippen LogP contribution in [0.2, 0.25) is 0 Å². The highest BCUT2D eigenvalue weighted by atomic mass is 79.9. The molecule has 0 aliphatic heterocycles. The molecule has 0 aliphatic rings. The summed E-state index contributed by atoms with van der Waals surface area (Å²) in [6, 6.07) is 6.19. The second-order valence-electron chi connectivity index (χ2n) is 3.40. The van der Waals surface area contributed by atoms with E-state index in [1.807, 2.05) is 18.3 Å². The number of rotatable bonds is 1. The fourth-order valence-corrected chi connectivity index (χ4v) is 1.86. The fourth-order valence-electron chi connectivity index (χ4n) is 1.47. The molecule has 0 spiro atoms. The molecule has 2 heterocycles. The Kier molecular flexibility index (Phi) is 2.12. The summed E-state index contributed by atoms with van der Waals surface area (Å²) in [6.07, 6.45) is 2.00. The molecule has 0 saturated carbocycles. The topological polar surface area (TPSA) is 17.3 Å². The van der Waals surface area contributed by atoms with Gasteiger partial charge in [-0.2, -0.15) is 0 Å². The molecule has 2 rings (SSSR count). The lowest BCUT2D eigenvalue weighted by Crippen LogP contribution is -1.96. The molecule has 2 nitrogen and oxygen atoms in total. The summed E-state index contributed by atoms with van der Waals surface area (Å²) in [5.41, 5.74) is 2.29. The van der Waals surface area contributed by atoms with Gasteiger partial charge >= 0.3 is 0 Å². The third-order valence-corrected chi connectivity index (χ3v) is 2.47. The van der Waals surface area contributed by atoms with Crippen LogP contribution in [0.5, 0.6) is 0 Å². The quantitative estimate of drug-likeness (QED) is 0.746. The Labute approximate surface area is 85.7 Å². The van der Waals surface area contributed by atoms with Crippen molar-refractivity contribution in [2.75, 3.05) is 0 Å². The van der Waals surface area contributed by atoms with Crippen molar-refractivity contribution in [3.05, 3.63) is 34.7 Å². The van der Waals surface area contributed by atoms with Crippen molar-refractivity contribution >= 4 is 21.6 Å². The maximum absolute atomic E-state index is 4.34. The highest BCUT2D eigenvalue weighted by Crippen LogP contribution is 2.18. The van der Waals surface area contributed by atoms with Crippen molar-refractivity contribution in [2.24, 2.45) is 0 Å². The van der Waals surface area contributed by atoms with Crippen LogP contribution in [0.1, 0.15) is 25.5 Å². The molecule has 0 fully saturated rings. The third-order valence-electron chi connectivity index (χ3n) is 2.09. The first-order valence-electron chi connectivity index (χ1n) is 4.32. The monoisotopic (exact) mass is 238 g/mol. The van der Waals surface area contributed by atoms with Crippen LogP contribution >= 0.6 is 15.9 Å². The molecule has 0 bridgehead atoms. The molecule has 0 saturated heterocycles. The molecule has 0 amide bonds. The molecular weight excluding hydrogens is 228 g/mol. The van der Waals surface area contributed by atoms with Crippen molar-refractivity contribution in [2.45, 2.75) is 19.8 Å². The van der Waals surface area contributed by atoms with Gasteiger partial charge in [0, 0.05) is 11.9 Å². The summed E-state index contributed by atoms with van der Waals surface area (Å²) in [5, 5.41) is 0. The Balaban J connectivity index is 2.75. The summed E-state index contributed by atoms with van der Waals surface area (Å²) in [5.74, 6) is 0.518. The largest absolute Gasteiger partial charge is 0.303 e. The Morgan fingerprint density at radius 1 is 1.38 bits per heavy atom. The Bertz CT molecular complexity index is 431. The lowest BCUT2D eigenvalue weighted by Gasteiger charge is -2.07. The van der Waals surface area contributed by atoms with Crippen molar-refractivity contribution in [1.29, 1.82) is 0 Å². The van der Waals surface area contributed by atoms with Crippen molar-refractivity contribution in [3.8, 4) is 0 Å². The molecular formula is C10H11BrN2. The molecule has 13 heavy (non-hydrogen) atoms. The van der Waals surface area contributed by atoms with Gasteiger partial charge in [-0.05, 0) is 34.0 Å². The van der Waals surface area contributed by atoms with Crippen molar-refractivity contribution in [3.63, 3.8) is 0 Å². The highest BCUT2D eigenvalue weighted by Gasteiger charge is 2.05. The number of hydrogen-bond donors (Lipinski definition) is 0. The normalized spacial score (nSPS) is 11.4. The van der Waals surface area contributed by atoms with E-state index in [0.717, 1.165) is 10.3 Å². The van der Waals surface area contributed by atoms with Crippen LogP contribution in [0.25, 0.3) is 5.65 Å². The first-order valence-corrected chi connectivity index (χ1v) is 5.11. The SMILES string of the molecule is CC(C)c1cccc2nc(Br)cn12. The number of aromatic nitrogens is 2. The summed E-state index contributed by atoms with van der Waals surface area (Å²) in [4.78, 5) is 4.34. The van der Waals surface area contributed by atoms with Crippen molar-refractivity contribution in [1.82, 2.24) is 9.38 Å². The molecule has 2 aromatic heterocycles. The van der Waals surface area contributed by atoms with Crippen molar-refractivity contribution < 1.29 is 0 Å². The summed E-state index contributed by atoms with van der Waals surface area (Å²) in [7, 11) is 0. The molecule has 0 aliphatic carbocycles. The van der Waals surface area contributed by atoms with Gasteiger partial charge in [-0.1, -0.05) is 19.9 Å². The van der Waals surface area contributed by atoms with Gasteiger partial charge in [0.25, 0.3) is 0 Å². The van der Waals surface area contributed by atoms with Crippen LogP contribution in [0, 0.1) is 0 Å². The Hall–Kier alpha value is -0.830. The minimum atomic E-state index is 0.518. The van der Waals surface area contributed by atoms with Crippen LogP contribution in [0.4, 0.5) is 0 Å². The predicted octanol–water partition coefficient (Wildman–Crippen LogP) is 3.22. The second kappa shape index (κ2) is 3.14. The molecule has 0 aromatic carbocycles. The summed E-state index contributed by atoms with van der Waals surface area (Å²) >= 11 is 3.38. The second-order valence-corrected chi connectivity index (χ2v) is 4.21. The zero-order chi connectivity index (χ0) is 9.42. The highest BCUT2D eigenvalue weighted by molar-refractivity contribution is 9.10. The van der Waals surface area contributed by atoms with Gasteiger partial charge in [0.05, 0.1) is 0 Å². The van der Waals surface area contributed by atoms with Gasteiger partial charge < -0.3 is 4.40 Å². The number of imidazole rings is 1. The van der Waals surface area contributed by atoms with E-state index in [1.165, 1.54) is 5.69 Å². The standard InChI is InChI=1S/C10H11BrN2/c1-7(2)8-4-3-5-10-12-9(11)6-13(8)10/h3-7H,1-2H3. The smallest absolute Gasteiger partial charge is 0.138 e. The van der Waals surface area contributed by atoms with E-state index in [2.05, 4.69) is 45.2 Å². The van der Waals surface area contributed by atoms with Gasteiger partial charge in [0.2, 0.25) is 0 Å². The molecule has 0 atom stereocenters. The van der Waals surface area contributed by atoms with Crippen LogP contribution in [-0.2, 0) is 0 Å². The van der Waals surface area contributed by atoms with Gasteiger partial charge in [-0.15, -0.1) is 0 Å².